The average Bonchev–Trinajstić information content (AvgIpc) is 3.29. The van der Waals surface area contributed by atoms with Gasteiger partial charge in [-0.2, -0.15) is 0 Å². The number of benzene rings is 2. The molecule has 0 saturated heterocycles. The molecule has 0 saturated carbocycles. The molecule has 0 fully saturated rings. The smallest absolute Gasteiger partial charge is 0.297 e. The van der Waals surface area contributed by atoms with Crippen LogP contribution in [-0.4, -0.2) is 23.4 Å². The summed E-state index contributed by atoms with van der Waals surface area (Å²) in [4.78, 5) is 44.9. The third-order valence-electron chi connectivity index (χ3n) is 5.63. The predicted molar refractivity (Wildman–Crippen MR) is 124 cm³/mol. The summed E-state index contributed by atoms with van der Waals surface area (Å²) in [6.45, 7) is 3.45. The van der Waals surface area contributed by atoms with E-state index in [1.165, 1.54) is 28.4 Å². The maximum Gasteiger partial charge on any atom is 0.297 e. The summed E-state index contributed by atoms with van der Waals surface area (Å²) in [5.74, 6) is -1.41. The van der Waals surface area contributed by atoms with E-state index in [4.69, 9.17) is 14.9 Å². The van der Waals surface area contributed by atoms with Crippen molar-refractivity contribution in [2.24, 2.45) is 5.73 Å². The molecule has 0 bridgehead atoms. The number of rotatable bonds is 5. The minimum Gasteiger partial charge on any atom is -0.484 e. The second kappa shape index (κ2) is 8.07. The number of halogens is 1. The van der Waals surface area contributed by atoms with Crippen molar-refractivity contribution in [3.05, 3.63) is 86.0 Å². The normalized spacial score (nSPS) is 15.1. The third-order valence-corrected chi connectivity index (χ3v) is 6.70. The van der Waals surface area contributed by atoms with Gasteiger partial charge in [0.25, 0.3) is 11.8 Å². The summed E-state index contributed by atoms with van der Waals surface area (Å²) in [5.41, 5.74) is 6.23. The van der Waals surface area contributed by atoms with Crippen LogP contribution < -0.4 is 20.8 Å². The molecule has 2 amide bonds. The van der Waals surface area contributed by atoms with Crippen LogP contribution in [0.1, 0.15) is 38.3 Å². The van der Waals surface area contributed by atoms with Gasteiger partial charge in [-0.1, -0.05) is 12.1 Å². The number of carbonyl (C=O) groups is 2. The lowest BCUT2D eigenvalue weighted by Crippen LogP contribution is -2.29. The van der Waals surface area contributed by atoms with E-state index < -0.39 is 29.1 Å². The topological polar surface area (TPSA) is 116 Å². The average molecular weight is 479 g/mol. The maximum absolute atomic E-state index is 13.9. The van der Waals surface area contributed by atoms with Crippen LogP contribution in [0.5, 0.6) is 5.75 Å². The molecule has 2 aromatic heterocycles. The van der Waals surface area contributed by atoms with E-state index in [0.29, 0.717) is 16.4 Å². The number of aryl methyl sites for hydroxylation is 2. The Kier molecular flexibility index (Phi) is 5.17. The number of fused-ring (bicyclic) bond motifs is 2. The number of primary amides is 1. The molecule has 10 heteroatoms. The lowest BCUT2D eigenvalue weighted by Gasteiger charge is -2.22. The number of amides is 2. The second-order valence-electron chi connectivity index (χ2n) is 7.85. The Balaban J connectivity index is 1.70. The molecule has 2 aromatic carbocycles. The van der Waals surface area contributed by atoms with Crippen LogP contribution in [0.2, 0.25) is 0 Å². The summed E-state index contributed by atoms with van der Waals surface area (Å²) in [5, 5.41) is 0.464. The number of hydrogen-bond acceptors (Lipinski definition) is 7. The van der Waals surface area contributed by atoms with Crippen LogP contribution in [0.3, 0.4) is 0 Å². The fourth-order valence-electron chi connectivity index (χ4n) is 3.92. The largest absolute Gasteiger partial charge is 0.484 e. The molecule has 1 aliphatic heterocycles. The molecule has 172 valence electrons. The second-order valence-corrected chi connectivity index (χ2v) is 9.04. The van der Waals surface area contributed by atoms with Crippen LogP contribution >= 0.6 is 11.3 Å². The molecular weight excluding hydrogens is 461 g/mol. The summed E-state index contributed by atoms with van der Waals surface area (Å²) < 4.78 is 25.1. The zero-order chi connectivity index (χ0) is 24.1. The molecule has 1 atom stereocenters. The molecule has 5 rings (SSSR count). The van der Waals surface area contributed by atoms with E-state index in [1.54, 1.807) is 24.3 Å². The molecular formula is C24H18FN3O5S. The fraction of sp³-hybridized carbons (Fsp3) is 0.167. The SMILES string of the molecule is Cc1nc(N2C(=O)c3oc4ccc(F)cc4c(=O)c3C2c2ccc(OCC(N)=O)cc2)sc1C. The molecule has 0 aliphatic carbocycles. The summed E-state index contributed by atoms with van der Waals surface area (Å²) in [6, 6.07) is 9.34. The van der Waals surface area contributed by atoms with Gasteiger partial charge in [-0.15, -0.1) is 11.3 Å². The number of ether oxygens (including phenoxy) is 1. The van der Waals surface area contributed by atoms with Gasteiger partial charge < -0.3 is 14.9 Å². The van der Waals surface area contributed by atoms with Gasteiger partial charge in [0.1, 0.15) is 17.1 Å². The van der Waals surface area contributed by atoms with Gasteiger partial charge in [0.15, 0.2) is 17.2 Å². The highest BCUT2D eigenvalue weighted by atomic mass is 32.1. The number of carbonyl (C=O) groups excluding carboxylic acids is 2. The monoisotopic (exact) mass is 479 g/mol. The minimum atomic E-state index is -0.846. The fourth-order valence-corrected chi connectivity index (χ4v) is 4.85. The van der Waals surface area contributed by atoms with Gasteiger partial charge in [0.2, 0.25) is 5.76 Å². The molecule has 0 radical (unpaired) electrons. The summed E-state index contributed by atoms with van der Waals surface area (Å²) in [6.07, 6.45) is 0. The van der Waals surface area contributed by atoms with Crippen molar-refractivity contribution < 1.29 is 23.1 Å². The van der Waals surface area contributed by atoms with Gasteiger partial charge in [-0.25, -0.2) is 9.37 Å². The zero-order valence-electron chi connectivity index (χ0n) is 18.1. The van der Waals surface area contributed by atoms with Gasteiger partial charge in [-0.3, -0.25) is 19.3 Å². The number of anilines is 1. The number of thiazole rings is 1. The van der Waals surface area contributed by atoms with Crippen molar-refractivity contribution in [2.75, 3.05) is 11.5 Å². The van der Waals surface area contributed by atoms with E-state index >= 15 is 0 Å². The lowest BCUT2D eigenvalue weighted by molar-refractivity contribution is -0.119. The number of hydrogen-bond donors (Lipinski definition) is 1. The van der Waals surface area contributed by atoms with Gasteiger partial charge in [0, 0.05) is 4.88 Å². The lowest BCUT2D eigenvalue weighted by atomic mass is 9.98. The van der Waals surface area contributed by atoms with Crippen LogP contribution in [0.25, 0.3) is 11.0 Å². The van der Waals surface area contributed by atoms with Gasteiger partial charge >= 0.3 is 0 Å². The first-order chi connectivity index (χ1) is 16.2. The number of aromatic nitrogens is 1. The highest BCUT2D eigenvalue weighted by Gasteiger charge is 2.45. The minimum absolute atomic E-state index is 0.0475. The Morgan fingerprint density at radius 3 is 2.59 bits per heavy atom. The van der Waals surface area contributed by atoms with Crippen molar-refractivity contribution in [3.8, 4) is 5.75 Å². The summed E-state index contributed by atoms with van der Waals surface area (Å²) >= 11 is 1.33. The van der Waals surface area contributed by atoms with Crippen molar-refractivity contribution in [2.45, 2.75) is 19.9 Å². The zero-order valence-corrected chi connectivity index (χ0v) is 18.9. The highest BCUT2D eigenvalue weighted by Crippen LogP contribution is 2.43. The standard InChI is InChI=1S/C24H18FN3O5S/c1-11-12(2)34-24(27-11)28-20(13-3-6-15(7-4-13)32-10-18(26)29)19-21(30)16-9-14(25)5-8-17(16)33-22(19)23(28)31/h3-9,20H,10H2,1-2H3,(H2,26,29). The van der Waals surface area contributed by atoms with E-state index in [-0.39, 0.29) is 28.9 Å². The van der Waals surface area contributed by atoms with Crippen molar-refractivity contribution in [1.29, 1.82) is 0 Å². The molecule has 2 N–H and O–H groups in total. The Morgan fingerprint density at radius 2 is 1.94 bits per heavy atom. The number of nitrogens with two attached hydrogens (primary N) is 1. The first kappa shape index (κ1) is 21.8. The molecule has 34 heavy (non-hydrogen) atoms. The molecule has 0 spiro atoms. The first-order valence-electron chi connectivity index (χ1n) is 10.3. The van der Waals surface area contributed by atoms with E-state index in [2.05, 4.69) is 4.98 Å². The van der Waals surface area contributed by atoms with E-state index in [9.17, 15) is 18.8 Å². The van der Waals surface area contributed by atoms with Gasteiger partial charge in [-0.05, 0) is 49.7 Å². The van der Waals surface area contributed by atoms with Crippen molar-refractivity contribution in [1.82, 2.24) is 4.98 Å². The van der Waals surface area contributed by atoms with Gasteiger partial charge in [0.05, 0.1) is 22.7 Å². The molecule has 8 nitrogen and oxygen atoms in total. The van der Waals surface area contributed by atoms with E-state index in [0.717, 1.165) is 16.6 Å². The van der Waals surface area contributed by atoms with Crippen molar-refractivity contribution in [3.63, 3.8) is 0 Å². The molecule has 3 heterocycles. The molecule has 4 aromatic rings. The molecule has 1 aliphatic rings. The first-order valence-corrected chi connectivity index (χ1v) is 11.1. The highest BCUT2D eigenvalue weighted by molar-refractivity contribution is 7.15. The Labute approximate surface area is 196 Å². The van der Waals surface area contributed by atoms with Crippen LogP contribution in [0.4, 0.5) is 9.52 Å². The summed E-state index contributed by atoms with van der Waals surface area (Å²) in [7, 11) is 0. The Morgan fingerprint density at radius 1 is 1.21 bits per heavy atom. The van der Waals surface area contributed by atoms with Crippen LogP contribution in [0.15, 0.2) is 51.7 Å². The van der Waals surface area contributed by atoms with Crippen molar-refractivity contribution >= 4 is 39.3 Å². The van der Waals surface area contributed by atoms with E-state index in [1.807, 2.05) is 13.8 Å². The quantitative estimate of drug-likeness (QED) is 0.467. The maximum atomic E-state index is 13.9. The van der Waals surface area contributed by atoms with Crippen LogP contribution in [0, 0.1) is 19.7 Å². The Bertz CT molecular complexity index is 1510. The molecule has 1 unspecified atom stereocenters. The third kappa shape index (κ3) is 3.52. The number of nitrogens with zero attached hydrogens (tertiary/aromatic N) is 2. The van der Waals surface area contributed by atoms with Crippen LogP contribution in [-0.2, 0) is 4.79 Å². The Hall–Kier alpha value is -4.05. The predicted octanol–water partition coefficient (Wildman–Crippen LogP) is 3.62.